The first kappa shape index (κ1) is 15.3. The average Bonchev–Trinajstić information content (AvgIpc) is 2.47. The van der Waals surface area contributed by atoms with Gasteiger partial charge in [-0.15, -0.1) is 0 Å². The molecular weight excluding hydrogens is 276 g/mol. The van der Waals surface area contributed by atoms with Gasteiger partial charge in [0, 0.05) is 32.4 Å². The molecule has 0 bridgehead atoms. The van der Waals surface area contributed by atoms with E-state index in [1.807, 2.05) is 7.05 Å². The van der Waals surface area contributed by atoms with Gasteiger partial charge in [0.15, 0.2) is 5.16 Å². The van der Waals surface area contributed by atoms with Gasteiger partial charge in [0.2, 0.25) is 11.9 Å². The number of thioether (sulfide) groups is 1. The zero-order chi connectivity index (χ0) is 14.4. The van der Waals surface area contributed by atoms with Gasteiger partial charge in [0.05, 0.1) is 13.2 Å². The Morgan fingerprint density at radius 2 is 2.00 bits per heavy atom. The molecule has 2 rings (SSSR count). The number of morpholine rings is 1. The molecule has 0 saturated carbocycles. The molecule has 2 heterocycles. The molecular formula is C12H22N6OS. The van der Waals surface area contributed by atoms with Crippen molar-refractivity contribution in [3.8, 4) is 0 Å². The van der Waals surface area contributed by atoms with Crippen LogP contribution in [0.4, 0.5) is 11.9 Å². The monoisotopic (exact) mass is 298 g/mol. The first-order valence-corrected chi connectivity index (χ1v) is 7.71. The molecule has 1 N–H and O–H groups in total. The predicted octanol–water partition coefficient (Wildman–Crippen LogP) is 0.404. The summed E-state index contributed by atoms with van der Waals surface area (Å²) < 4.78 is 5.36. The molecule has 0 radical (unpaired) electrons. The van der Waals surface area contributed by atoms with Crippen molar-refractivity contribution in [1.82, 2.24) is 19.9 Å². The molecule has 1 aromatic heterocycles. The smallest absolute Gasteiger partial charge is 0.231 e. The Bertz CT molecular complexity index is 424. The van der Waals surface area contributed by atoms with Crippen LogP contribution in [0.3, 0.4) is 0 Å². The largest absolute Gasteiger partial charge is 0.378 e. The maximum absolute atomic E-state index is 5.36. The van der Waals surface area contributed by atoms with Crippen LogP contribution in [-0.2, 0) is 4.74 Å². The van der Waals surface area contributed by atoms with E-state index in [0.29, 0.717) is 5.95 Å². The number of aromatic nitrogens is 3. The van der Waals surface area contributed by atoms with Crippen molar-refractivity contribution in [1.29, 1.82) is 0 Å². The Labute approximate surface area is 124 Å². The Hall–Kier alpha value is -1.12. The number of nitrogens with zero attached hydrogens (tertiary/aromatic N) is 5. The van der Waals surface area contributed by atoms with Crippen LogP contribution in [0, 0.1) is 0 Å². The number of rotatable bonds is 6. The van der Waals surface area contributed by atoms with Gasteiger partial charge in [-0.25, -0.2) is 0 Å². The van der Waals surface area contributed by atoms with Gasteiger partial charge in [-0.2, -0.15) is 15.0 Å². The molecule has 112 valence electrons. The van der Waals surface area contributed by atoms with Gasteiger partial charge in [-0.1, -0.05) is 11.8 Å². The number of ether oxygens (including phenoxy) is 1. The summed E-state index contributed by atoms with van der Waals surface area (Å²) in [5.41, 5.74) is 0. The van der Waals surface area contributed by atoms with E-state index in [4.69, 9.17) is 4.74 Å². The lowest BCUT2D eigenvalue weighted by Crippen LogP contribution is -2.37. The number of hydrogen-bond donors (Lipinski definition) is 1. The molecule has 0 aromatic carbocycles. The maximum atomic E-state index is 5.36. The summed E-state index contributed by atoms with van der Waals surface area (Å²) in [6.45, 7) is 4.11. The molecule has 20 heavy (non-hydrogen) atoms. The van der Waals surface area contributed by atoms with Gasteiger partial charge in [0.25, 0.3) is 0 Å². The lowest BCUT2D eigenvalue weighted by Gasteiger charge is -2.27. The normalized spacial score (nSPS) is 15.7. The fraction of sp³-hybridized carbons (Fsp3) is 0.750. The second kappa shape index (κ2) is 7.61. The van der Waals surface area contributed by atoms with E-state index in [-0.39, 0.29) is 0 Å². The third-order valence-electron chi connectivity index (χ3n) is 2.89. The molecule has 8 heteroatoms. The summed E-state index contributed by atoms with van der Waals surface area (Å²) in [4.78, 5) is 17.7. The first-order valence-electron chi connectivity index (χ1n) is 6.73. The SMILES string of the molecule is CNc1nc(SCCN(C)C)nc(N2CCOCC2)n1. The highest BCUT2D eigenvalue weighted by molar-refractivity contribution is 7.99. The fourth-order valence-corrected chi connectivity index (χ4v) is 2.68. The van der Waals surface area contributed by atoms with Crippen molar-refractivity contribution in [2.24, 2.45) is 0 Å². The number of hydrogen-bond acceptors (Lipinski definition) is 8. The Morgan fingerprint density at radius 1 is 1.25 bits per heavy atom. The highest BCUT2D eigenvalue weighted by Crippen LogP contribution is 2.19. The lowest BCUT2D eigenvalue weighted by atomic mass is 10.4. The molecule has 0 spiro atoms. The van der Waals surface area contributed by atoms with Crippen LogP contribution in [0.25, 0.3) is 0 Å². The van der Waals surface area contributed by atoms with Gasteiger partial charge in [-0.3, -0.25) is 0 Å². The third-order valence-corrected chi connectivity index (χ3v) is 3.72. The summed E-state index contributed by atoms with van der Waals surface area (Å²) in [7, 11) is 5.95. The van der Waals surface area contributed by atoms with E-state index in [9.17, 15) is 0 Å². The Kier molecular flexibility index (Phi) is 5.81. The minimum Gasteiger partial charge on any atom is -0.378 e. The molecule has 0 atom stereocenters. The van der Waals surface area contributed by atoms with Crippen LogP contribution in [-0.4, -0.2) is 79.6 Å². The quantitative estimate of drug-likeness (QED) is 0.757. The molecule has 0 amide bonds. The third kappa shape index (κ3) is 4.46. The maximum Gasteiger partial charge on any atom is 0.231 e. The van der Waals surface area contributed by atoms with Crippen molar-refractivity contribution >= 4 is 23.7 Å². The molecule has 0 aliphatic carbocycles. The summed E-state index contributed by atoms with van der Waals surface area (Å²) in [5.74, 6) is 2.32. The highest BCUT2D eigenvalue weighted by atomic mass is 32.2. The fourth-order valence-electron chi connectivity index (χ4n) is 1.75. The topological polar surface area (TPSA) is 66.4 Å². The van der Waals surface area contributed by atoms with Crippen molar-refractivity contribution in [2.75, 3.05) is 70.0 Å². The average molecular weight is 298 g/mol. The molecule has 1 aromatic rings. The van der Waals surface area contributed by atoms with E-state index in [1.165, 1.54) is 0 Å². The van der Waals surface area contributed by atoms with Crippen LogP contribution >= 0.6 is 11.8 Å². The van der Waals surface area contributed by atoms with Crippen molar-refractivity contribution in [2.45, 2.75) is 5.16 Å². The van der Waals surface area contributed by atoms with Crippen LogP contribution in [0.1, 0.15) is 0 Å². The van der Waals surface area contributed by atoms with Gasteiger partial charge < -0.3 is 19.9 Å². The number of anilines is 2. The van der Waals surface area contributed by atoms with Gasteiger partial charge in [0.1, 0.15) is 0 Å². The molecule has 1 aliphatic rings. The van der Waals surface area contributed by atoms with Gasteiger partial charge >= 0.3 is 0 Å². The van der Waals surface area contributed by atoms with Crippen LogP contribution in [0.5, 0.6) is 0 Å². The first-order chi connectivity index (χ1) is 9.69. The summed E-state index contributed by atoms with van der Waals surface area (Å²) in [6.07, 6.45) is 0. The lowest BCUT2D eigenvalue weighted by molar-refractivity contribution is 0.122. The van der Waals surface area contributed by atoms with Crippen molar-refractivity contribution in [3.05, 3.63) is 0 Å². The zero-order valence-corrected chi connectivity index (χ0v) is 13.1. The molecule has 7 nitrogen and oxygen atoms in total. The van der Waals surface area contributed by atoms with E-state index >= 15 is 0 Å². The molecule has 1 aliphatic heterocycles. The molecule has 1 saturated heterocycles. The second-order valence-electron chi connectivity index (χ2n) is 4.74. The Morgan fingerprint density at radius 3 is 2.65 bits per heavy atom. The van der Waals surface area contributed by atoms with E-state index in [1.54, 1.807) is 11.8 Å². The van der Waals surface area contributed by atoms with Crippen molar-refractivity contribution < 1.29 is 4.74 Å². The second-order valence-corrected chi connectivity index (χ2v) is 5.80. The van der Waals surface area contributed by atoms with E-state index in [0.717, 1.165) is 49.7 Å². The molecule has 0 unspecified atom stereocenters. The van der Waals surface area contributed by atoms with E-state index in [2.05, 4.69) is 44.2 Å². The van der Waals surface area contributed by atoms with Crippen LogP contribution in [0.2, 0.25) is 0 Å². The van der Waals surface area contributed by atoms with Crippen LogP contribution < -0.4 is 10.2 Å². The standard InChI is InChI=1S/C12H22N6OS/c1-13-10-14-11(18-4-7-19-8-5-18)16-12(15-10)20-9-6-17(2)3/h4-9H2,1-3H3,(H,13,14,15,16). The predicted molar refractivity (Wildman–Crippen MR) is 81.7 cm³/mol. The highest BCUT2D eigenvalue weighted by Gasteiger charge is 2.16. The minimum absolute atomic E-state index is 0.619. The summed E-state index contributed by atoms with van der Waals surface area (Å²) in [5, 5.41) is 3.77. The van der Waals surface area contributed by atoms with E-state index < -0.39 is 0 Å². The minimum atomic E-state index is 0.619. The van der Waals surface area contributed by atoms with Crippen LogP contribution in [0.15, 0.2) is 5.16 Å². The summed E-state index contributed by atoms with van der Waals surface area (Å²) in [6, 6.07) is 0. The van der Waals surface area contributed by atoms with Gasteiger partial charge in [-0.05, 0) is 14.1 Å². The Balaban J connectivity index is 2.06. The summed E-state index contributed by atoms with van der Waals surface area (Å²) >= 11 is 1.65. The van der Waals surface area contributed by atoms with Crippen molar-refractivity contribution in [3.63, 3.8) is 0 Å². The molecule has 1 fully saturated rings. The number of nitrogens with one attached hydrogen (secondary N) is 1. The zero-order valence-electron chi connectivity index (χ0n) is 12.3.